The summed E-state index contributed by atoms with van der Waals surface area (Å²) < 4.78 is 10.8. The van der Waals surface area contributed by atoms with Crippen molar-refractivity contribution in [3.05, 3.63) is 83.4 Å². The zero-order chi connectivity index (χ0) is 22.0. The van der Waals surface area contributed by atoms with Gasteiger partial charge in [0.25, 0.3) is 5.91 Å². The average molecular weight is 417 g/mol. The molecule has 4 rings (SSSR count). The normalized spacial score (nSPS) is 15.8. The van der Waals surface area contributed by atoms with E-state index in [-0.39, 0.29) is 11.7 Å². The number of amides is 1. The number of carbonyl (C=O) groups excluding carboxylic acids is 1. The molecule has 1 amide bonds. The molecule has 0 saturated heterocycles. The highest BCUT2D eigenvalue weighted by Gasteiger charge is 2.34. The predicted octanol–water partition coefficient (Wildman–Crippen LogP) is 4.40. The van der Waals surface area contributed by atoms with Crippen molar-refractivity contribution in [2.45, 2.75) is 13.1 Å². The van der Waals surface area contributed by atoms with E-state index in [1.165, 1.54) is 5.01 Å². The van der Waals surface area contributed by atoms with Crippen LogP contribution in [0.4, 0.5) is 5.69 Å². The average Bonchev–Trinajstić information content (AvgIpc) is 2.80. The minimum Gasteiger partial charge on any atom is -0.507 e. The number of phenolic OH excluding ortho intramolecular Hbond substituents is 1. The molecule has 1 unspecified atom stereocenters. The molecule has 158 valence electrons. The second-order valence-corrected chi connectivity index (χ2v) is 7.06. The minimum atomic E-state index is -0.581. The lowest BCUT2D eigenvalue weighted by Crippen LogP contribution is -2.40. The Hall–Kier alpha value is -4.00. The number of carbonyl (C=O) groups is 1. The second-order valence-electron chi connectivity index (χ2n) is 7.06. The van der Waals surface area contributed by atoms with Crippen molar-refractivity contribution in [2.24, 2.45) is 5.10 Å². The molecule has 7 nitrogen and oxygen atoms in total. The number of phenols is 1. The number of hydrogen-bond acceptors (Lipinski definition) is 6. The Morgan fingerprint density at radius 3 is 2.45 bits per heavy atom. The van der Waals surface area contributed by atoms with Gasteiger partial charge in [-0.2, -0.15) is 5.10 Å². The Kier molecular flexibility index (Phi) is 5.49. The Balaban J connectivity index is 1.82. The van der Waals surface area contributed by atoms with Crippen LogP contribution in [-0.2, 0) is 0 Å². The molecule has 1 aliphatic rings. The second kappa shape index (κ2) is 8.39. The van der Waals surface area contributed by atoms with Gasteiger partial charge in [-0.25, -0.2) is 5.01 Å². The molecule has 0 saturated carbocycles. The smallest absolute Gasteiger partial charge is 0.278 e. The highest BCUT2D eigenvalue weighted by atomic mass is 16.5. The first-order valence-corrected chi connectivity index (χ1v) is 9.78. The Morgan fingerprint density at radius 2 is 1.71 bits per heavy atom. The summed E-state index contributed by atoms with van der Waals surface area (Å²) in [7, 11) is 3.14. The molecule has 7 heteroatoms. The molecule has 3 aromatic carbocycles. The maximum absolute atomic E-state index is 13.4. The molecule has 0 spiro atoms. The third kappa shape index (κ3) is 3.77. The number of anilines is 1. The number of ether oxygens (including phenoxy) is 2. The van der Waals surface area contributed by atoms with Crippen LogP contribution in [0.5, 0.6) is 17.2 Å². The molecule has 1 atom stereocenters. The van der Waals surface area contributed by atoms with E-state index in [4.69, 9.17) is 9.47 Å². The van der Waals surface area contributed by atoms with E-state index in [0.29, 0.717) is 28.3 Å². The Bertz CT molecular complexity index is 1160. The lowest BCUT2D eigenvalue weighted by Gasteiger charge is -2.35. The molecule has 0 bridgehead atoms. The van der Waals surface area contributed by atoms with Gasteiger partial charge in [0.1, 0.15) is 5.75 Å². The molecule has 1 aliphatic heterocycles. The van der Waals surface area contributed by atoms with Crippen molar-refractivity contribution in [3.8, 4) is 17.2 Å². The number of fused-ring (bicyclic) bond motifs is 1. The van der Waals surface area contributed by atoms with E-state index in [9.17, 15) is 9.90 Å². The van der Waals surface area contributed by atoms with Crippen molar-refractivity contribution in [3.63, 3.8) is 0 Å². The van der Waals surface area contributed by atoms with Gasteiger partial charge in [-0.3, -0.25) is 4.79 Å². The number of methoxy groups -OCH3 is 2. The van der Waals surface area contributed by atoms with Crippen LogP contribution in [0.15, 0.2) is 71.8 Å². The predicted molar refractivity (Wildman–Crippen MR) is 119 cm³/mol. The van der Waals surface area contributed by atoms with E-state index in [1.807, 2.05) is 36.4 Å². The van der Waals surface area contributed by atoms with Gasteiger partial charge in [-0.15, -0.1) is 0 Å². The van der Waals surface area contributed by atoms with Crippen molar-refractivity contribution in [2.75, 3.05) is 19.5 Å². The van der Waals surface area contributed by atoms with E-state index >= 15 is 0 Å². The molecule has 0 fully saturated rings. The van der Waals surface area contributed by atoms with Gasteiger partial charge < -0.3 is 19.9 Å². The number of rotatable bonds is 5. The van der Waals surface area contributed by atoms with Crippen LogP contribution in [0.3, 0.4) is 0 Å². The lowest BCUT2D eigenvalue weighted by molar-refractivity contribution is 0.0689. The van der Waals surface area contributed by atoms with Gasteiger partial charge in [0.15, 0.2) is 17.7 Å². The quantitative estimate of drug-likeness (QED) is 0.601. The fourth-order valence-corrected chi connectivity index (χ4v) is 3.59. The summed E-state index contributed by atoms with van der Waals surface area (Å²) in [6.07, 6.45) is -0.581. The topological polar surface area (TPSA) is 83.4 Å². The highest BCUT2D eigenvalue weighted by Crippen LogP contribution is 2.37. The van der Waals surface area contributed by atoms with Gasteiger partial charge >= 0.3 is 0 Å². The molecule has 3 aromatic rings. The first-order valence-electron chi connectivity index (χ1n) is 9.78. The van der Waals surface area contributed by atoms with E-state index in [0.717, 1.165) is 11.3 Å². The zero-order valence-corrected chi connectivity index (χ0v) is 17.5. The third-order valence-electron chi connectivity index (χ3n) is 5.18. The fourth-order valence-electron chi connectivity index (χ4n) is 3.59. The van der Waals surface area contributed by atoms with Gasteiger partial charge in [0, 0.05) is 16.8 Å². The van der Waals surface area contributed by atoms with Crippen LogP contribution < -0.4 is 14.8 Å². The molecule has 1 heterocycles. The van der Waals surface area contributed by atoms with Crippen LogP contribution >= 0.6 is 0 Å². The summed E-state index contributed by atoms with van der Waals surface area (Å²) in [5, 5.41) is 19.6. The number of aromatic hydroxyl groups is 1. The van der Waals surface area contributed by atoms with Crippen molar-refractivity contribution in [1.82, 2.24) is 5.01 Å². The van der Waals surface area contributed by atoms with Crippen LogP contribution in [0.25, 0.3) is 0 Å². The SMILES string of the molecule is COc1ccc(C2Nc3ccccc3C(=O)N2/N=C(\C)c2ccccc2O)cc1OC. The van der Waals surface area contributed by atoms with Crippen LogP contribution in [0.2, 0.25) is 0 Å². The fraction of sp³-hybridized carbons (Fsp3) is 0.167. The summed E-state index contributed by atoms with van der Waals surface area (Å²) in [6.45, 7) is 1.76. The number of para-hydroxylation sites is 2. The molecule has 0 radical (unpaired) electrons. The maximum Gasteiger partial charge on any atom is 0.278 e. The van der Waals surface area contributed by atoms with E-state index in [1.54, 1.807) is 51.5 Å². The summed E-state index contributed by atoms with van der Waals surface area (Å²) in [5.41, 5.74) is 3.08. The third-order valence-corrected chi connectivity index (χ3v) is 5.18. The minimum absolute atomic E-state index is 0.101. The molecule has 0 aliphatic carbocycles. The molecule has 31 heavy (non-hydrogen) atoms. The first-order chi connectivity index (χ1) is 15.0. The standard InChI is InChI=1S/C24H23N3O4/c1-15(17-8-5-7-11-20(17)28)26-27-23(16-12-13-21(30-2)22(14-16)31-3)25-19-10-6-4-9-18(19)24(27)29/h4-14,23,25,28H,1-3H3/b26-15+. The Morgan fingerprint density at radius 1 is 1.00 bits per heavy atom. The van der Waals surface area contributed by atoms with Crippen molar-refractivity contribution >= 4 is 17.3 Å². The van der Waals surface area contributed by atoms with Crippen LogP contribution in [0, 0.1) is 0 Å². The highest BCUT2D eigenvalue weighted by molar-refractivity contribution is 6.05. The summed E-state index contributed by atoms with van der Waals surface area (Å²) in [4.78, 5) is 13.4. The molecule has 0 aromatic heterocycles. The van der Waals surface area contributed by atoms with E-state index < -0.39 is 6.17 Å². The largest absolute Gasteiger partial charge is 0.507 e. The van der Waals surface area contributed by atoms with Crippen LogP contribution in [-0.4, -0.2) is 36.0 Å². The van der Waals surface area contributed by atoms with Gasteiger partial charge in [-0.05, 0) is 43.3 Å². The number of hydrazone groups is 1. The molecule has 2 N–H and O–H groups in total. The molecular weight excluding hydrogens is 394 g/mol. The van der Waals surface area contributed by atoms with Gasteiger partial charge in [0.2, 0.25) is 0 Å². The monoisotopic (exact) mass is 417 g/mol. The van der Waals surface area contributed by atoms with Crippen LogP contribution in [0.1, 0.15) is 34.6 Å². The summed E-state index contributed by atoms with van der Waals surface area (Å²) in [6, 6.07) is 19.7. The van der Waals surface area contributed by atoms with Gasteiger partial charge in [0.05, 0.1) is 25.5 Å². The van der Waals surface area contributed by atoms with Crippen molar-refractivity contribution < 1.29 is 19.4 Å². The number of benzene rings is 3. The summed E-state index contributed by atoms with van der Waals surface area (Å²) in [5.74, 6) is 0.997. The zero-order valence-electron chi connectivity index (χ0n) is 17.5. The first kappa shape index (κ1) is 20.3. The van der Waals surface area contributed by atoms with Crippen molar-refractivity contribution in [1.29, 1.82) is 0 Å². The Labute approximate surface area is 180 Å². The van der Waals surface area contributed by atoms with Gasteiger partial charge in [-0.1, -0.05) is 30.3 Å². The number of nitrogens with zero attached hydrogens (tertiary/aromatic N) is 2. The number of nitrogens with one attached hydrogen (secondary N) is 1. The number of hydrogen-bond donors (Lipinski definition) is 2. The molecular formula is C24H23N3O4. The summed E-state index contributed by atoms with van der Waals surface area (Å²) >= 11 is 0. The maximum atomic E-state index is 13.4. The van der Waals surface area contributed by atoms with E-state index in [2.05, 4.69) is 10.4 Å². The lowest BCUT2D eigenvalue weighted by atomic mass is 10.0.